The van der Waals surface area contributed by atoms with E-state index in [2.05, 4.69) is 0 Å². The summed E-state index contributed by atoms with van der Waals surface area (Å²) in [6, 6.07) is 3.75. The predicted molar refractivity (Wildman–Crippen MR) is 76.3 cm³/mol. The van der Waals surface area contributed by atoms with Crippen molar-refractivity contribution in [2.75, 3.05) is 13.1 Å². The van der Waals surface area contributed by atoms with E-state index in [0.29, 0.717) is 18.7 Å². The first-order valence-corrected chi connectivity index (χ1v) is 8.28. The van der Waals surface area contributed by atoms with Crippen molar-refractivity contribution in [2.24, 2.45) is 11.7 Å². The van der Waals surface area contributed by atoms with E-state index in [1.165, 1.54) is 22.5 Å². The van der Waals surface area contributed by atoms with Crippen LogP contribution in [0.2, 0.25) is 0 Å². The highest BCUT2D eigenvalue weighted by Crippen LogP contribution is 2.26. The summed E-state index contributed by atoms with van der Waals surface area (Å²) in [5, 5.41) is 0. The van der Waals surface area contributed by atoms with Crippen LogP contribution in [-0.2, 0) is 10.0 Å². The van der Waals surface area contributed by atoms with Gasteiger partial charge in [-0.1, -0.05) is 0 Å². The Balaban J connectivity index is 2.30. The average Bonchev–Trinajstić information content (AvgIpc) is 2.38. The first-order chi connectivity index (χ1) is 9.32. The number of aryl methyl sites for hydroxylation is 1. The van der Waals surface area contributed by atoms with Crippen LogP contribution in [0.3, 0.4) is 0 Å². The topological polar surface area (TPSA) is 63.4 Å². The molecule has 1 saturated heterocycles. The van der Waals surface area contributed by atoms with Crippen molar-refractivity contribution >= 4 is 10.0 Å². The van der Waals surface area contributed by atoms with Gasteiger partial charge in [0.25, 0.3) is 0 Å². The molecule has 2 atom stereocenters. The maximum absolute atomic E-state index is 13.1. The standard InChI is InChI=1S/C14H21FN2O2S/c1-10-8-13(15)5-6-14(10)20(18,19)17-7-3-4-12(9-17)11(2)16/h5-6,8,11-12H,3-4,7,9,16H2,1-2H3/t11-,12+/m1/s1. The van der Waals surface area contributed by atoms with Crippen LogP contribution in [0.5, 0.6) is 0 Å². The van der Waals surface area contributed by atoms with Gasteiger partial charge in [0.05, 0.1) is 4.90 Å². The molecule has 0 saturated carbocycles. The lowest BCUT2D eigenvalue weighted by Crippen LogP contribution is -2.45. The second-order valence-electron chi connectivity index (χ2n) is 5.53. The van der Waals surface area contributed by atoms with Crippen LogP contribution < -0.4 is 5.73 Å². The van der Waals surface area contributed by atoms with Crippen LogP contribution in [-0.4, -0.2) is 31.9 Å². The predicted octanol–water partition coefficient (Wildman–Crippen LogP) is 1.88. The first-order valence-electron chi connectivity index (χ1n) is 6.84. The van der Waals surface area contributed by atoms with Gasteiger partial charge in [0.1, 0.15) is 5.82 Å². The summed E-state index contributed by atoms with van der Waals surface area (Å²) >= 11 is 0. The van der Waals surface area contributed by atoms with Gasteiger partial charge in [-0.2, -0.15) is 4.31 Å². The molecule has 1 aromatic rings. The van der Waals surface area contributed by atoms with Crippen molar-refractivity contribution < 1.29 is 12.8 Å². The molecule has 4 nitrogen and oxygen atoms in total. The summed E-state index contributed by atoms with van der Waals surface area (Å²) in [7, 11) is -3.56. The molecular weight excluding hydrogens is 279 g/mol. The Morgan fingerprint density at radius 1 is 1.45 bits per heavy atom. The van der Waals surface area contributed by atoms with Crippen LogP contribution in [0.1, 0.15) is 25.3 Å². The third-order valence-corrected chi connectivity index (χ3v) is 5.94. The molecular formula is C14H21FN2O2S. The molecule has 0 bridgehead atoms. The molecule has 1 fully saturated rings. The number of nitrogens with two attached hydrogens (primary N) is 1. The average molecular weight is 300 g/mol. The zero-order valence-corrected chi connectivity index (χ0v) is 12.7. The Hall–Kier alpha value is -0.980. The molecule has 0 unspecified atom stereocenters. The molecule has 1 aliphatic heterocycles. The van der Waals surface area contributed by atoms with Crippen molar-refractivity contribution in [1.82, 2.24) is 4.31 Å². The molecule has 2 N–H and O–H groups in total. The van der Waals surface area contributed by atoms with Gasteiger partial charge in [0.15, 0.2) is 0 Å². The van der Waals surface area contributed by atoms with Crippen molar-refractivity contribution in [3.63, 3.8) is 0 Å². The summed E-state index contributed by atoms with van der Waals surface area (Å²) in [4.78, 5) is 0.184. The maximum Gasteiger partial charge on any atom is 0.243 e. The highest BCUT2D eigenvalue weighted by Gasteiger charge is 2.32. The zero-order valence-electron chi connectivity index (χ0n) is 11.8. The Kier molecular flexibility index (Phi) is 4.46. The summed E-state index contributed by atoms with van der Waals surface area (Å²) in [5.41, 5.74) is 6.33. The largest absolute Gasteiger partial charge is 0.328 e. The monoisotopic (exact) mass is 300 g/mol. The van der Waals surface area contributed by atoms with E-state index < -0.39 is 15.8 Å². The lowest BCUT2D eigenvalue weighted by Gasteiger charge is -2.34. The number of halogens is 1. The Labute approximate surface area is 119 Å². The SMILES string of the molecule is Cc1cc(F)ccc1S(=O)(=O)N1CCC[C@H]([C@@H](C)N)C1. The number of sulfonamides is 1. The third kappa shape index (κ3) is 3.02. The van der Waals surface area contributed by atoms with Crippen LogP contribution in [0.15, 0.2) is 23.1 Å². The molecule has 20 heavy (non-hydrogen) atoms. The highest BCUT2D eigenvalue weighted by molar-refractivity contribution is 7.89. The van der Waals surface area contributed by atoms with E-state index in [1.54, 1.807) is 6.92 Å². The van der Waals surface area contributed by atoms with Crippen molar-refractivity contribution in [2.45, 2.75) is 37.6 Å². The molecule has 2 rings (SSSR count). The lowest BCUT2D eigenvalue weighted by atomic mass is 9.93. The molecule has 1 aliphatic rings. The summed E-state index contributed by atoms with van der Waals surface area (Å²) in [6.07, 6.45) is 1.76. The molecule has 0 aromatic heterocycles. The van der Waals surface area contributed by atoms with Gasteiger partial charge in [-0.25, -0.2) is 12.8 Å². The van der Waals surface area contributed by atoms with Crippen molar-refractivity contribution in [3.8, 4) is 0 Å². The van der Waals surface area contributed by atoms with Crippen molar-refractivity contribution in [3.05, 3.63) is 29.6 Å². The van der Waals surface area contributed by atoms with E-state index in [0.717, 1.165) is 12.8 Å². The Morgan fingerprint density at radius 2 is 2.15 bits per heavy atom. The van der Waals surface area contributed by atoms with Gasteiger partial charge < -0.3 is 5.73 Å². The minimum Gasteiger partial charge on any atom is -0.328 e. The fourth-order valence-electron chi connectivity index (χ4n) is 2.66. The smallest absolute Gasteiger partial charge is 0.243 e. The van der Waals surface area contributed by atoms with Gasteiger partial charge in [-0.3, -0.25) is 0 Å². The number of hydrogen-bond donors (Lipinski definition) is 1. The fourth-order valence-corrected chi connectivity index (χ4v) is 4.40. The third-order valence-electron chi connectivity index (χ3n) is 3.92. The van der Waals surface area contributed by atoms with E-state index in [-0.39, 0.29) is 16.9 Å². The van der Waals surface area contributed by atoms with E-state index in [4.69, 9.17) is 5.73 Å². The number of hydrogen-bond acceptors (Lipinski definition) is 3. The zero-order chi connectivity index (χ0) is 14.9. The van der Waals surface area contributed by atoms with Gasteiger partial charge in [-0.15, -0.1) is 0 Å². The maximum atomic E-state index is 13.1. The number of rotatable bonds is 3. The van der Waals surface area contributed by atoms with Gasteiger partial charge in [-0.05, 0) is 56.4 Å². The summed E-state index contributed by atoms with van der Waals surface area (Å²) in [6.45, 7) is 4.46. The molecule has 1 heterocycles. The van der Waals surface area contributed by atoms with Gasteiger partial charge >= 0.3 is 0 Å². The molecule has 1 aromatic carbocycles. The fraction of sp³-hybridized carbons (Fsp3) is 0.571. The first kappa shape index (κ1) is 15.4. The normalized spacial score (nSPS) is 22.7. The summed E-state index contributed by atoms with van der Waals surface area (Å²) in [5.74, 6) is -0.243. The Bertz CT molecular complexity index is 587. The van der Waals surface area contributed by atoms with E-state index >= 15 is 0 Å². The summed E-state index contributed by atoms with van der Waals surface area (Å²) < 4.78 is 39.9. The van der Waals surface area contributed by atoms with Crippen LogP contribution in [0.4, 0.5) is 4.39 Å². The van der Waals surface area contributed by atoms with Crippen LogP contribution in [0, 0.1) is 18.7 Å². The lowest BCUT2D eigenvalue weighted by molar-refractivity contribution is 0.243. The van der Waals surface area contributed by atoms with E-state index in [1.807, 2.05) is 6.92 Å². The number of nitrogens with zero attached hydrogens (tertiary/aromatic N) is 1. The minimum absolute atomic E-state index is 0.0256. The minimum atomic E-state index is -3.56. The van der Waals surface area contributed by atoms with Gasteiger partial charge in [0, 0.05) is 19.1 Å². The second-order valence-corrected chi connectivity index (χ2v) is 7.44. The van der Waals surface area contributed by atoms with E-state index in [9.17, 15) is 12.8 Å². The molecule has 0 radical (unpaired) electrons. The van der Waals surface area contributed by atoms with Crippen molar-refractivity contribution in [1.29, 1.82) is 0 Å². The van der Waals surface area contributed by atoms with Crippen LogP contribution >= 0.6 is 0 Å². The molecule has 0 spiro atoms. The molecule has 0 amide bonds. The number of benzene rings is 1. The Morgan fingerprint density at radius 3 is 2.75 bits per heavy atom. The second kappa shape index (κ2) is 5.79. The molecule has 6 heteroatoms. The highest BCUT2D eigenvalue weighted by atomic mass is 32.2. The van der Waals surface area contributed by atoms with Gasteiger partial charge in [0.2, 0.25) is 10.0 Å². The molecule has 112 valence electrons. The number of piperidine rings is 1. The quantitative estimate of drug-likeness (QED) is 0.927. The molecule has 0 aliphatic carbocycles. The van der Waals surface area contributed by atoms with Crippen LogP contribution in [0.25, 0.3) is 0 Å².